The molecular formula is C13H19N5. The van der Waals surface area contributed by atoms with Crippen LogP contribution in [0.5, 0.6) is 0 Å². The van der Waals surface area contributed by atoms with Crippen LogP contribution in [-0.4, -0.2) is 25.8 Å². The van der Waals surface area contributed by atoms with Crippen molar-refractivity contribution in [3.05, 3.63) is 35.5 Å². The van der Waals surface area contributed by atoms with Crippen LogP contribution >= 0.6 is 0 Å². The van der Waals surface area contributed by atoms with Gasteiger partial charge in [-0.3, -0.25) is 0 Å². The summed E-state index contributed by atoms with van der Waals surface area (Å²) in [5.74, 6) is 0.859. The molecule has 1 N–H and O–H groups in total. The number of hydrogen-bond donors (Lipinski definition) is 1. The Balaban J connectivity index is 2.42. The standard InChI is InChI=1S/C13H19N5/c1-9(2)15-6-12-10(3)5-11(4)17-13(12)18-8-14-7-16-18/h5,7-9,15H,6H2,1-4H3. The summed E-state index contributed by atoms with van der Waals surface area (Å²) in [4.78, 5) is 8.56. The van der Waals surface area contributed by atoms with Crippen LogP contribution in [0.25, 0.3) is 5.82 Å². The molecule has 0 saturated heterocycles. The molecule has 18 heavy (non-hydrogen) atoms. The molecule has 5 nitrogen and oxygen atoms in total. The molecule has 0 unspecified atom stereocenters. The fourth-order valence-electron chi connectivity index (χ4n) is 1.88. The second kappa shape index (κ2) is 5.27. The Morgan fingerprint density at radius 3 is 2.72 bits per heavy atom. The Morgan fingerprint density at radius 2 is 2.11 bits per heavy atom. The molecule has 0 bridgehead atoms. The quantitative estimate of drug-likeness (QED) is 0.892. The topological polar surface area (TPSA) is 55.6 Å². The van der Waals surface area contributed by atoms with Crippen LogP contribution in [0, 0.1) is 13.8 Å². The summed E-state index contributed by atoms with van der Waals surface area (Å²) in [6.07, 6.45) is 3.21. The molecule has 0 aliphatic rings. The fourth-order valence-corrected chi connectivity index (χ4v) is 1.88. The smallest absolute Gasteiger partial charge is 0.160 e. The zero-order valence-electron chi connectivity index (χ0n) is 11.3. The average molecular weight is 245 g/mol. The lowest BCUT2D eigenvalue weighted by molar-refractivity contribution is 0.583. The van der Waals surface area contributed by atoms with E-state index < -0.39 is 0 Å². The van der Waals surface area contributed by atoms with E-state index in [0.29, 0.717) is 6.04 Å². The van der Waals surface area contributed by atoms with E-state index in [0.717, 1.165) is 18.1 Å². The Hall–Kier alpha value is -1.75. The third kappa shape index (κ3) is 2.73. The molecule has 2 aromatic rings. The first-order chi connectivity index (χ1) is 8.58. The van der Waals surface area contributed by atoms with Crippen LogP contribution in [0.3, 0.4) is 0 Å². The molecule has 0 spiro atoms. The highest BCUT2D eigenvalue weighted by atomic mass is 15.3. The van der Waals surface area contributed by atoms with Gasteiger partial charge >= 0.3 is 0 Å². The van der Waals surface area contributed by atoms with Crippen molar-refractivity contribution in [3.8, 4) is 5.82 Å². The predicted octanol–water partition coefficient (Wildman–Crippen LogP) is 1.78. The number of nitrogens with one attached hydrogen (secondary N) is 1. The average Bonchev–Trinajstić information content (AvgIpc) is 2.79. The Kier molecular flexibility index (Phi) is 3.72. The van der Waals surface area contributed by atoms with Gasteiger partial charge in [0.1, 0.15) is 12.7 Å². The lowest BCUT2D eigenvalue weighted by Gasteiger charge is -2.15. The van der Waals surface area contributed by atoms with Gasteiger partial charge in [0.2, 0.25) is 0 Å². The molecule has 0 aliphatic carbocycles. The van der Waals surface area contributed by atoms with Gasteiger partial charge in [-0.1, -0.05) is 13.8 Å². The fraction of sp³-hybridized carbons (Fsp3) is 0.462. The van der Waals surface area contributed by atoms with E-state index in [2.05, 4.69) is 47.2 Å². The molecule has 2 rings (SSSR count). The molecule has 96 valence electrons. The summed E-state index contributed by atoms with van der Waals surface area (Å²) in [5, 5.41) is 7.59. The maximum atomic E-state index is 4.57. The Morgan fingerprint density at radius 1 is 1.33 bits per heavy atom. The SMILES string of the molecule is Cc1cc(C)c(CNC(C)C)c(-n2cncn2)n1. The van der Waals surface area contributed by atoms with Gasteiger partial charge in [0.05, 0.1) is 0 Å². The van der Waals surface area contributed by atoms with Crippen LogP contribution in [0.1, 0.15) is 30.7 Å². The van der Waals surface area contributed by atoms with Crippen LogP contribution in [0.2, 0.25) is 0 Å². The minimum atomic E-state index is 0.439. The highest BCUT2D eigenvalue weighted by molar-refractivity contribution is 5.40. The highest BCUT2D eigenvalue weighted by Crippen LogP contribution is 2.17. The highest BCUT2D eigenvalue weighted by Gasteiger charge is 2.11. The van der Waals surface area contributed by atoms with Crippen LogP contribution in [0.15, 0.2) is 18.7 Å². The zero-order valence-corrected chi connectivity index (χ0v) is 11.3. The first-order valence-corrected chi connectivity index (χ1v) is 6.13. The molecule has 0 amide bonds. The molecule has 2 heterocycles. The molecule has 2 aromatic heterocycles. The number of nitrogens with zero attached hydrogens (tertiary/aromatic N) is 4. The molecule has 0 radical (unpaired) electrons. The van der Waals surface area contributed by atoms with Crippen LogP contribution in [0.4, 0.5) is 0 Å². The maximum absolute atomic E-state index is 4.57. The normalized spacial score (nSPS) is 11.2. The number of aromatic nitrogens is 4. The van der Waals surface area contributed by atoms with Gasteiger partial charge in [-0.25, -0.2) is 14.6 Å². The Labute approximate surface area is 107 Å². The van der Waals surface area contributed by atoms with Crippen LogP contribution < -0.4 is 5.32 Å². The van der Waals surface area contributed by atoms with E-state index in [-0.39, 0.29) is 0 Å². The monoisotopic (exact) mass is 245 g/mol. The molecule has 5 heteroatoms. The summed E-state index contributed by atoms with van der Waals surface area (Å²) in [6.45, 7) is 9.14. The zero-order chi connectivity index (χ0) is 13.1. The predicted molar refractivity (Wildman–Crippen MR) is 70.6 cm³/mol. The second-order valence-corrected chi connectivity index (χ2v) is 4.76. The van der Waals surface area contributed by atoms with Crippen molar-refractivity contribution in [1.82, 2.24) is 25.1 Å². The van der Waals surface area contributed by atoms with E-state index in [4.69, 9.17) is 0 Å². The van der Waals surface area contributed by atoms with Crippen molar-refractivity contribution < 1.29 is 0 Å². The molecule has 0 fully saturated rings. The van der Waals surface area contributed by atoms with E-state index in [1.807, 2.05) is 6.92 Å². The maximum Gasteiger partial charge on any atom is 0.160 e. The molecule has 0 saturated carbocycles. The van der Waals surface area contributed by atoms with Crippen molar-refractivity contribution in [1.29, 1.82) is 0 Å². The van der Waals surface area contributed by atoms with Gasteiger partial charge in [0.25, 0.3) is 0 Å². The van der Waals surface area contributed by atoms with Gasteiger partial charge in [0.15, 0.2) is 5.82 Å². The summed E-state index contributed by atoms with van der Waals surface area (Å²) < 4.78 is 1.72. The van der Waals surface area contributed by atoms with Crippen molar-refractivity contribution in [2.45, 2.75) is 40.3 Å². The largest absolute Gasteiger partial charge is 0.310 e. The number of pyridine rings is 1. The van der Waals surface area contributed by atoms with Crippen molar-refractivity contribution in [2.75, 3.05) is 0 Å². The summed E-state index contributed by atoms with van der Waals surface area (Å²) in [5.41, 5.74) is 3.38. The molecule has 0 aromatic carbocycles. The molecule has 0 atom stereocenters. The second-order valence-electron chi connectivity index (χ2n) is 4.76. The summed E-state index contributed by atoms with van der Waals surface area (Å²) in [7, 11) is 0. The number of hydrogen-bond acceptors (Lipinski definition) is 4. The van der Waals surface area contributed by atoms with Gasteiger partial charge < -0.3 is 5.32 Å². The van der Waals surface area contributed by atoms with Gasteiger partial charge in [-0.15, -0.1) is 0 Å². The number of rotatable bonds is 4. The van der Waals surface area contributed by atoms with Gasteiger partial charge in [-0.2, -0.15) is 5.10 Å². The lowest BCUT2D eigenvalue weighted by Crippen LogP contribution is -2.24. The van der Waals surface area contributed by atoms with E-state index in [1.54, 1.807) is 11.0 Å². The first-order valence-electron chi connectivity index (χ1n) is 6.13. The van der Waals surface area contributed by atoms with E-state index in [9.17, 15) is 0 Å². The summed E-state index contributed by atoms with van der Waals surface area (Å²) >= 11 is 0. The third-order valence-corrected chi connectivity index (χ3v) is 2.78. The van der Waals surface area contributed by atoms with E-state index >= 15 is 0 Å². The summed E-state index contributed by atoms with van der Waals surface area (Å²) in [6, 6.07) is 2.53. The van der Waals surface area contributed by atoms with Gasteiger partial charge in [0, 0.05) is 23.8 Å². The van der Waals surface area contributed by atoms with Crippen LogP contribution in [-0.2, 0) is 6.54 Å². The van der Waals surface area contributed by atoms with Gasteiger partial charge in [-0.05, 0) is 25.5 Å². The van der Waals surface area contributed by atoms with Crippen molar-refractivity contribution in [3.63, 3.8) is 0 Å². The Bertz CT molecular complexity index is 516. The van der Waals surface area contributed by atoms with Crippen molar-refractivity contribution in [2.24, 2.45) is 0 Å². The minimum Gasteiger partial charge on any atom is -0.310 e. The first kappa shape index (κ1) is 12.7. The minimum absolute atomic E-state index is 0.439. The van der Waals surface area contributed by atoms with Crippen molar-refractivity contribution >= 4 is 0 Å². The number of aryl methyl sites for hydroxylation is 2. The molecular weight excluding hydrogens is 226 g/mol. The molecule has 0 aliphatic heterocycles. The lowest BCUT2D eigenvalue weighted by atomic mass is 10.1. The van der Waals surface area contributed by atoms with E-state index in [1.165, 1.54) is 17.5 Å². The third-order valence-electron chi connectivity index (χ3n) is 2.78.